The maximum absolute atomic E-state index is 12.7. The summed E-state index contributed by atoms with van der Waals surface area (Å²) in [6, 6.07) is 0. The van der Waals surface area contributed by atoms with Crippen LogP contribution in [0, 0.1) is 5.41 Å². The van der Waals surface area contributed by atoms with Gasteiger partial charge in [-0.1, -0.05) is 25.2 Å². The molecule has 0 saturated heterocycles. The number of hydrogen-bond acceptors (Lipinski definition) is 3. The van der Waals surface area contributed by atoms with E-state index >= 15 is 0 Å². The minimum Gasteiger partial charge on any atom is -0.245 e. The largest absolute Gasteiger partial charge is 0.394 e. The van der Waals surface area contributed by atoms with Crippen molar-refractivity contribution in [3.63, 3.8) is 0 Å². The van der Waals surface area contributed by atoms with E-state index in [0.717, 1.165) is 16.4 Å². The Labute approximate surface area is 102 Å². The van der Waals surface area contributed by atoms with Crippen molar-refractivity contribution < 1.29 is 13.2 Å². The van der Waals surface area contributed by atoms with Crippen LogP contribution in [0.25, 0.3) is 0 Å². The van der Waals surface area contributed by atoms with Crippen molar-refractivity contribution >= 4 is 22.0 Å². The molecule has 2 heterocycles. The van der Waals surface area contributed by atoms with Crippen molar-refractivity contribution in [1.29, 1.82) is 0 Å². The number of alkyl halides is 3. The Morgan fingerprint density at radius 1 is 1.29 bits per heavy atom. The first-order valence-corrected chi connectivity index (χ1v) is 6.10. The number of rotatable bonds is 2. The van der Waals surface area contributed by atoms with Crippen LogP contribution in [0.15, 0.2) is 4.99 Å². The summed E-state index contributed by atoms with van der Waals surface area (Å²) in [5.41, 5.74) is 0.0537. The van der Waals surface area contributed by atoms with Crippen LogP contribution in [-0.4, -0.2) is 16.9 Å². The van der Waals surface area contributed by atoms with Gasteiger partial charge >= 0.3 is 6.18 Å². The van der Waals surface area contributed by atoms with Crippen molar-refractivity contribution in [2.24, 2.45) is 10.4 Å². The van der Waals surface area contributed by atoms with Crippen molar-refractivity contribution in [3.05, 3.63) is 10.7 Å². The molecule has 0 saturated carbocycles. The van der Waals surface area contributed by atoms with Crippen LogP contribution in [0.1, 0.15) is 31.5 Å². The van der Waals surface area contributed by atoms with E-state index in [1.165, 1.54) is 25.2 Å². The molecule has 1 aliphatic heterocycles. The molecule has 0 unspecified atom stereocenters. The summed E-state index contributed by atoms with van der Waals surface area (Å²) in [7, 11) is 0. The third kappa shape index (κ3) is 2.36. The van der Waals surface area contributed by atoms with E-state index in [4.69, 9.17) is 0 Å². The zero-order valence-electron chi connectivity index (χ0n) is 9.85. The molecule has 1 aromatic rings. The molecule has 0 bridgehead atoms. The fraction of sp³-hybridized carbons (Fsp3) is 0.636. The summed E-state index contributed by atoms with van der Waals surface area (Å²) in [6.45, 7) is 4.30. The second-order valence-electron chi connectivity index (χ2n) is 4.94. The molecule has 0 amide bonds. The molecule has 2 nitrogen and oxygen atoms in total. The van der Waals surface area contributed by atoms with Crippen LogP contribution in [0.2, 0.25) is 0 Å². The van der Waals surface area contributed by atoms with Gasteiger partial charge in [0, 0.05) is 18.6 Å². The Balaban J connectivity index is 2.19. The van der Waals surface area contributed by atoms with E-state index in [0.29, 0.717) is 11.4 Å². The van der Waals surface area contributed by atoms with Gasteiger partial charge in [0.1, 0.15) is 5.00 Å². The minimum atomic E-state index is -4.21. The highest BCUT2D eigenvalue weighted by molar-refractivity contribution is 7.15. The average Bonchev–Trinajstić information content (AvgIpc) is 2.57. The van der Waals surface area contributed by atoms with Crippen LogP contribution >= 0.6 is 11.3 Å². The quantitative estimate of drug-likeness (QED) is 0.793. The number of halogens is 3. The van der Waals surface area contributed by atoms with Crippen LogP contribution in [0.4, 0.5) is 18.2 Å². The number of aliphatic imine (C=N–C) groups is 1. The van der Waals surface area contributed by atoms with Gasteiger partial charge in [0.15, 0.2) is 0 Å². The molecule has 1 aromatic heterocycles. The highest BCUT2D eigenvalue weighted by Crippen LogP contribution is 2.42. The van der Waals surface area contributed by atoms with Gasteiger partial charge in [-0.3, -0.25) is 0 Å². The maximum atomic E-state index is 12.7. The van der Waals surface area contributed by atoms with Gasteiger partial charge < -0.3 is 0 Å². The molecule has 0 atom stereocenters. The molecule has 0 radical (unpaired) electrons. The second-order valence-corrected chi connectivity index (χ2v) is 6.00. The molecule has 0 N–H and O–H groups in total. The molecule has 6 heteroatoms. The predicted molar refractivity (Wildman–Crippen MR) is 62.1 cm³/mol. The first-order chi connectivity index (χ1) is 7.69. The third-order valence-corrected chi connectivity index (χ3v) is 3.79. The number of aromatic nitrogens is 1. The van der Waals surface area contributed by atoms with E-state index in [1.807, 2.05) is 6.92 Å². The number of fused-ring (bicyclic) bond motifs is 1. The van der Waals surface area contributed by atoms with Gasteiger partial charge in [0.25, 0.3) is 0 Å². The molecule has 0 aliphatic carbocycles. The lowest BCUT2D eigenvalue weighted by Crippen LogP contribution is -2.34. The average molecular weight is 262 g/mol. The fourth-order valence-corrected chi connectivity index (χ4v) is 2.85. The zero-order chi connectivity index (χ0) is 12.8. The Bertz CT molecular complexity index is 472. The number of thiazole rings is 1. The molecule has 0 fully saturated rings. The monoisotopic (exact) mass is 262 g/mol. The van der Waals surface area contributed by atoms with Crippen LogP contribution in [0.3, 0.4) is 0 Å². The topological polar surface area (TPSA) is 25.2 Å². The highest BCUT2D eigenvalue weighted by Gasteiger charge is 2.47. The van der Waals surface area contributed by atoms with Crippen molar-refractivity contribution in [1.82, 2.24) is 4.98 Å². The molecular formula is C11H13F3N2S. The van der Waals surface area contributed by atoms with Crippen LogP contribution in [0.5, 0.6) is 0 Å². The highest BCUT2D eigenvalue weighted by atomic mass is 32.1. The lowest BCUT2D eigenvalue weighted by Gasteiger charge is -2.26. The van der Waals surface area contributed by atoms with E-state index in [2.05, 4.69) is 9.98 Å². The smallest absolute Gasteiger partial charge is 0.245 e. The second kappa shape index (κ2) is 3.80. The lowest BCUT2D eigenvalue weighted by molar-refractivity contribution is -0.211. The number of nitrogens with zero attached hydrogens (tertiary/aromatic N) is 2. The Kier molecular flexibility index (Phi) is 2.80. The van der Waals surface area contributed by atoms with E-state index in [-0.39, 0.29) is 6.42 Å². The SMILES string of the molecule is CC1=Nc2sc(CC(C)(C)C(F)(F)F)nc2C1. The van der Waals surface area contributed by atoms with Gasteiger partial charge in [-0.2, -0.15) is 13.2 Å². The molecule has 2 rings (SSSR count). The Hall–Kier alpha value is -0.910. The van der Waals surface area contributed by atoms with E-state index < -0.39 is 11.6 Å². The van der Waals surface area contributed by atoms with Crippen molar-refractivity contribution in [2.45, 2.75) is 39.8 Å². The standard InChI is InChI=1S/C11H13F3N2S/c1-6-4-7-9(15-6)17-8(16-7)5-10(2,3)11(12,13)14/h4-5H2,1-3H3. The summed E-state index contributed by atoms with van der Waals surface area (Å²) in [6.07, 6.45) is -3.62. The first-order valence-electron chi connectivity index (χ1n) is 5.28. The normalized spacial score (nSPS) is 16.0. The number of hydrogen-bond donors (Lipinski definition) is 0. The first kappa shape index (κ1) is 12.5. The van der Waals surface area contributed by atoms with Gasteiger partial charge in [-0.15, -0.1) is 0 Å². The Morgan fingerprint density at radius 3 is 2.47 bits per heavy atom. The molecule has 17 heavy (non-hydrogen) atoms. The van der Waals surface area contributed by atoms with Crippen LogP contribution < -0.4 is 0 Å². The van der Waals surface area contributed by atoms with Gasteiger partial charge in [0.2, 0.25) is 0 Å². The fourth-order valence-electron chi connectivity index (χ4n) is 1.60. The molecule has 0 aromatic carbocycles. The van der Waals surface area contributed by atoms with Crippen LogP contribution in [-0.2, 0) is 12.8 Å². The zero-order valence-corrected chi connectivity index (χ0v) is 10.7. The summed E-state index contributed by atoms with van der Waals surface area (Å²) >= 11 is 1.27. The molecular weight excluding hydrogens is 249 g/mol. The molecule has 1 aliphatic rings. The third-order valence-electron chi connectivity index (χ3n) is 2.80. The van der Waals surface area contributed by atoms with E-state index in [1.54, 1.807) is 0 Å². The van der Waals surface area contributed by atoms with E-state index in [9.17, 15) is 13.2 Å². The van der Waals surface area contributed by atoms with Crippen molar-refractivity contribution in [2.75, 3.05) is 0 Å². The molecule has 94 valence electrons. The Morgan fingerprint density at radius 2 is 1.94 bits per heavy atom. The summed E-state index contributed by atoms with van der Waals surface area (Å²) in [4.78, 5) is 8.50. The summed E-state index contributed by atoms with van der Waals surface area (Å²) < 4.78 is 38.2. The lowest BCUT2D eigenvalue weighted by atomic mass is 9.89. The van der Waals surface area contributed by atoms with Gasteiger partial charge in [-0.05, 0) is 6.92 Å². The van der Waals surface area contributed by atoms with Gasteiger partial charge in [0.05, 0.1) is 16.1 Å². The summed E-state index contributed by atoms with van der Waals surface area (Å²) in [5, 5.41) is 1.30. The minimum absolute atomic E-state index is 0.0806. The van der Waals surface area contributed by atoms with Gasteiger partial charge in [-0.25, -0.2) is 9.98 Å². The summed E-state index contributed by atoms with van der Waals surface area (Å²) in [5.74, 6) is 0. The maximum Gasteiger partial charge on any atom is 0.394 e. The predicted octanol–water partition coefficient (Wildman–Crippen LogP) is 3.92. The molecule has 0 spiro atoms. The van der Waals surface area contributed by atoms with Crippen molar-refractivity contribution in [3.8, 4) is 0 Å².